The third-order valence-electron chi connectivity index (χ3n) is 1.44. The molecule has 0 aliphatic carbocycles. The van der Waals surface area contributed by atoms with Crippen LogP contribution >= 0.6 is 0 Å². The van der Waals surface area contributed by atoms with E-state index in [2.05, 4.69) is 0 Å². The van der Waals surface area contributed by atoms with Gasteiger partial charge in [-0.1, -0.05) is 19.6 Å². The van der Waals surface area contributed by atoms with Gasteiger partial charge in [0, 0.05) is 1.37 Å². The summed E-state index contributed by atoms with van der Waals surface area (Å²) >= 11 is 0. The number of nitrogens with two attached hydrogens (primary N) is 1. The van der Waals surface area contributed by atoms with E-state index in [9.17, 15) is 4.79 Å². The monoisotopic (exact) mass is 199 g/mol. The lowest BCUT2D eigenvalue weighted by Crippen LogP contribution is -2.32. The van der Waals surface area contributed by atoms with Crippen molar-refractivity contribution in [3.63, 3.8) is 0 Å². The van der Waals surface area contributed by atoms with E-state index in [1.54, 1.807) is 0 Å². The highest BCUT2D eigenvalue weighted by Crippen LogP contribution is 2.11. The van der Waals surface area contributed by atoms with Crippen LogP contribution in [0.4, 0.5) is 0 Å². The zero-order chi connectivity index (χ0) is 11.6. The number of phenolic OH excluding ortho intramolecular Hbond substituents is 1. The number of aromatic hydroxyl groups is 1. The van der Waals surface area contributed by atoms with E-state index in [4.69, 9.17) is 18.7 Å². The standard InChI is InChI=1S/C9H11NO3.CH4/c10-8(9(12)13)5-6-2-1-3-7(11)4-6;/h1-4,8,11H,5,10H2,(H,12,13);1H4/t8-;/m0./s1/i5D,8D;/t5-,8-;. The van der Waals surface area contributed by atoms with Gasteiger partial charge >= 0.3 is 5.97 Å². The van der Waals surface area contributed by atoms with Crippen LogP contribution in [0.5, 0.6) is 5.75 Å². The zero-order valence-electron chi connectivity index (χ0n) is 8.77. The number of carboxylic acid groups (broad SMARTS) is 1. The minimum absolute atomic E-state index is 0. The Balaban J connectivity index is 0.00000225. The number of carboxylic acids is 1. The highest BCUT2D eigenvalue weighted by molar-refractivity contribution is 5.73. The quantitative estimate of drug-likeness (QED) is 0.677. The Bertz CT molecular complexity index is 382. The Morgan fingerprint density at radius 3 is 2.86 bits per heavy atom. The zero-order valence-corrected chi connectivity index (χ0v) is 6.77. The van der Waals surface area contributed by atoms with Crippen LogP contribution in [0.3, 0.4) is 0 Å². The van der Waals surface area contributed by atoms with Gasteiger partial charge in [-0.15, -0.1) is 0 Å². The van der Waals surface area contributed by atoms with Crippen LogP contribution in [0, 0.1) is 0 Å². The molecule has 2 atom stereocenters. The molecule has 0 aromatic heterocycles. The fourth-order valence-corrected chi connectivity index (χ4v) is 0.856. The smallest absolute Gasteiger partial charge is 0.320 e. The van der Waals surface area contributed by atoms with Gasteiger partial charge in [0.2, 0.25) is 0 Å². The molecule has 0 spiro atoms. The van der Waals surface area contributed by atoms with Crippen molar-refractivity contribution in [2.24, 2.45) is 5.73 Å². The van der Waals surface area contributed by atoms with E-state index in [1.165, 1.54) is 24.3 Å². The Morgan fingerprint density at radius 2 is 2.36 bits per heavy atom. The fourth-order valence-electron chi connectivity index (χ4n) is 0.856. The van der Waals surface area contributed by atoms with E-state index >= 15 is 0 Å². The molecule has 0 saturated carbocycles. The van der Waals surface area contributed by atoms with Crippen molar-refractivity contribution in [3.8, 4) is 5.75 Å². The molecule has 0 fully saturated rings. The van der Waals surface area contributed by atoms with E-state index < -0.39 is 18.4 Å². The van der Waals surface area contributed by atoms with Crippen molar-refractivity contribution in [1.29, 1.82) is 0 Å². The average Bonchev–Trinajstić information content (AvgIpc) is 2.16. The molecule has 0 heterocycles. The molecule has 14 heavy (non-hydrogen) atoms. The second-order valence-electron chi connectivity index (χ2n) is 2.50. The number of carbonyl (C=O) groups is 1. The lowest BCUT2D eigenvalue weighted by molar-refractivity contribution is -0.138. The topological polar surface area (TPSA) is 83.5 Å². The number of aliphatic carboxylic acids is 1. The molecule has 1 aromatic rings. The van der Waals surface area contributed by atoms with Gasteiger partial charge in [0.15, 0.2) is 0 Å². The fraction of sp³-hybridized carbons (Fsp3) is 0.300. The minimum Gasteiger partial charge on any atom is -0.508 e. The molecule has 0 aliphatic heterocycles. The molecule has 78 valence electrons. The predicted molar refractivity (Wildman–Crippen MR) is 54.2 cm³/mol. The van der Waals surface area contributed by atoms with Crippen LogP contribution in [0.15, 0.2) is 24.3 Å². The van der Waals surface area contributed by atoms with Crippen LogP contribution < -0.4 is 5.73 Å². The predicted octanol–water partition coefficient (Wildman–Crippen LogP) is 0.983. The summed E-state index contributed by atoms with van der Waals surface area (Å²) in [4.78, 5) is 10.6. The molecule has 0 bridgehead atoms. The van der Waals surface area contributed by atoms with Crippen molar-refractivity contribution in [3.05, 3.63) is 29.8 Å². The summed E-state index contributed by atoms with van der Waals surface area (Å²) < 4.78 is 14.8. The Hall–Kier alpha value is -1.55. The van der Waals surface area contributed by atoms with Gasteiger partial charge in [0.25, 0.3) is 0 Å². The molecule has 4 nitrogen and oxygen atoms in total. The van der Waals surface area contributed by atoms with E-state index in [0.29, 0.717) is 0 Å². The number of benzene rings is 1. The summed E-state index contributed by atoms with van der Waals surface area (Å²) in [5.74, 6) is -1.67. The van der Waals surface area contributed by atoms with Crippen molar-refractivity contribution < 1.29 is 17.7 Å². The maximum absolute atomic E-state index is 10.6. The van der Waals surface area contributed by atoms with Crippen molar-refractivity contribution >= 4 is 5.97 Å². The highest BCUT2D eigenvalue weighted by Gasteiger charge is 2.11. The number of phenols is 1. The first kappa shape index (κ1) is 9.02. The van der Waals surface area contributed by atoms with Crippen LogP contribution in [0.25, 0.3) is 0 Å². The molecule has 0 saturated heterocycles. The number of hydrogen-bond donors (Lipinski definition) is 3. The third kappa shape index (κ3) is 3.45. The van der Waals surface area contributed by atoms with Crippen LogP contribution in [0.1, 0.15) is 15.7 Å². The largest absolute Gasteiger partial charge is 0.508 e. The van der Waals surface area contributed by atoms with Gasteiger partial charge in [-0.25, -0.2) is 0 Å². The summed E-state index contributed by atoms with van der Waals surface area (Å²) in [5, 5.41) is 17.8. The third-order valence-corrected chi connectivity index (χ3v) is 1.44. The van der Waals surface area contributed by atoms with E-state index in [1.807, 2.05) is 0 Å². The average molecular weight is 199 g/mol. The van der Waals surface area contributed by atoms with E-state index in [0.717, 1.165) is 0 Å². The van der Waals surface area contributed by atoms with Gasteiger partial charge in [0.05, 0.1) is 1.37 Å². The SMILES string of the molecule is C.[2H][C@@H](c1cccc(O)c1)[C@]([2H])(N)C(=O)O. The van der Waals surface area contributed by atoms with Gasteiger partial charge in [-0.05, 0) is 24.1 Å². The lowest BCUT2D eigenvalue weighted by atomic mass is 10.1. The number of rotatable bonds is 3. The molecule has 4 N–H and O–H groups in total. The minimum atomic E-state index is -2.42. The molecule has 0 unspecified atom stereocenters. The first-order chi connectivity index (χ1) is 6.85. The summed E-state index contributed by atoms with van der Waals surface area (Å²) in [6.45, 7) is 0. The van der Waals surface area contributed by atoms with Crippen LogP contribution in [0.2, 0.25) is 0 Å². The van der Waals surface area contributed by atoms with Crippen LogP contribution in [-0.2, 0) is 11.2 Å². The number of hydrogen-bond acceptors (Lipinski definition) is 3. The molecule has 0 radical (unpaired) electrons. The highest BCUT2D eigenvalue weighted by atomic mass is 16.4. The molecule has 0 amide bonds. The molecular weight excluding hydrogens is 182 g/mol. The summed E-state index contributed by atoms with van der Waals surface area (Å²) in [6, 6.07) is 3.09. The maximum Gasteiger partial charge on any atom is 0.320 e. The lowest BCUT2D eigenvalue weighted by Gasteiger charge is -2.05. The van der Waals surface area contributed by atoms with Crippen molar-refractivity contribution in [1.82, 2.24) is 0 Å². The molecule has 0 aliphatic rings. The van der Waals surface area contributed by atoms with Gasteiger partial charge in [-0.3, -0.25) is 4.79 Å². The maximum atomic E-state index is 10.6. The Morgan fingerprint density at radius 1 is 1.71 bits per heavy atom. The Labute approximate surface area is 85.8 Å². The summed E-state index contributed by atoms with van der Waals surface area (Å²) in [5.41, 5.74) is 5.37. The summed E-state index contributed by atoms with van der Waals surface area (Å²) in [6.07, 6.45) is -1.46. The van der Waals surface area contributed by atoms with E-state index in [-0.39, 0.29) is 18.7 Å². The van der Waals surface area contributed by atoms with Gasteiger partial charge in [0.1, 0.15) is 11.8 Å². The summed E-state index contributed by atoms with van der Waals surface area (Å²) in [7, 11) is 0. The first-order valence-corrected chi connectivity index (χ1v) is 3.59. The van der Waals surface area contributed by atoms with Gasteiger partial charge < -0.3 is 15.9 Å². The molecule has 1 aromatic carbocycles. The first-order valence-electron chi connectivity index (χ1n) is 4.67. The second-order valence-corrected chi connectivity index (χ2v) is 2.50. The van der Waals surface area contributed by atoms with Gasteiger partial charge in [-0.2, -0.15) is 0 Å². The Kier molecular flexibility index (Phi) is 3.38. The second kappa shape index (κ2) is 5.24. The normalized spacial score (nSPS) is 18.1. The molecule has 4 heteroatoms. The van der Waals surface area contributed by atoms with Crippen molar-refractivity contribution in [2.75, 3.05) is 0 Å². The van der Waals surface area contributed by atoms with Crippen LogP contribution in [-0.4, -0.2) is 22.2 Å². The van der Waals surface area contributed by atoms with Crippen molar-refractivity contribution in [2.45, 2.75) is 19.8 Å². The molecular formula is C10H15NO3. The molecule has 1 rings (SSSR count).